The number of aliphatic hydroxyl groups excluding tert-OH is 2. The zero-order chi connectivity index (χ0) is 21.7. The normalized spacial score (nSPS) is 45.5. The van der Waals surface area contributed by atoms with E-state index in [0.717, 1.165) is 48.9 Å². The van der Waals surface area contributed by atoms with Crippen molar-refractivity contribution < 1.29 is 10.2 Å². The molecule has 4 fully saturated rings. The summed E-state index contributed by atoms with van der Waals surface area (Å²) >= 11 is 0. The number of rotatable bonds is 4. The Balaban J connectivity index is 0.000000707. The van der Waals surface area contributed by atoms with Crippen LogP contribution in [0.1, 0.15) is 119 Å². The third-order valence-corrected chi connectivity index (χ3v) is 9.80. The highest BCUT2D eigenvalue weighted by Crippen LogP contribution is 2.67. The van der Waals surface area contributed by atoms with Crippen LogP contribution in [0.5, 0.6) is 0 Å². The molecule has 0 spiro atoms. The third kappa shape index (κ3) is 4.74. The Morgan fingerprint density at radius 3 is 2.10 bits per heavy atom. The second kappa shape index (κ2) is 11.0. The van der Waals surface area contributed by atoms with Gasteiger partial charge in [0.15, 0.2) is 0 Å². The first-order valence-corrected chi connectivity index (χ1v) is 13.3. The molecule has 8 atom stereocenters. The lowest BCUT2D eigenvalue weighted by molar-refractivity contribution is -0.127. The summed E-state index contributed by atoms with van der Waals surface area (Å²) in [5, 5.41) is 19.3. The molecule has 4 aliphatic carbocycles. The minimum atomic E-state index is -0.0223. The molecule has 0 bridgehead atoms. The molecule has 29 heavy (non-hydrogen) atoms. The van der Waals surface area contributed by atoms with E-state index in [1.54, 1.807) is 0 Å². The highest BCUT2D eigenvalue weighted by molar-refractivity contribution is 5.09. The van der Waals surface area contributed by atoms with Crippen molar-refractivity contribution in [1.29, 1.82) is 0 Å². The smallest absolute Gasteiger partial charge is 0.0543 e. The summed E-state index contributed by atoms with van der Waals surface area (Å²) in [4.78, 5) is 0. The Kier molecular flexibility index (Phi) is 9.54. The van der Waals surface area contributed by atoms with E-state index in [-0.39, 0.29) is 6.10 Å². The predicted molar refractivity (Wildman–Crippen MR) is 125 cm³/mol. The summed E-state index contributed by atoms with van der Waals surface area (Å²) in [7, 11) is 0. The van der Waals surface area contributed by atoms with E-state index < -0.39 is 0 Å². The molecule has 4 saturated carbocycles. The van der Waals surface area contributed by atoms with Crippen LogP contribution in [0.4, 0.5) is 0 Å². The van der Waals surface area contributed by atoms with Crippen molar-refractivity contribution in [2.24, 2.45) is 40.4 Å². The molecule has 7 unspecified atom stereocenters. The Bertz CT molecular complexity index is 477. The van der Waals surface area contributed by atoms with Crippen molar-refractivity contribution in [3.8, 4) is 0 Å². The van der Waals surface area contributed by atoms with Gasteiger partial charge in [0, 0.05) is 6.61 Å². The van der Waals surface area contributed by atoms with E-state index >= 15 is 0 Å². The lowest BCUT2D eigenvalue weighted by atomic mass is 9.44. The largest absolute Gasteiger partial charge is 0.396 e. The van der Waals surface area contributed by atoms with Gasteiger partial charge in [0.2, 0.25) is 0 Å². The first kappa shape index (κ1) is 25.2. The topological polar surface area (TPSA) is 40.5 Å². The molecule has 0 aromatic carbocycles. The first-order chi connectivity index (χ1) is 14.0. The Hall–Kier alpha value is -0.0800. The van der Waals surface area contributed by atoms with Gasteiger partial charge in [-0.3, -0.25) is 0 Å². The van der Waals surface area contributed by atoms with Crippen molar-refractivity contribution in [3.63, 3.8) is 0 Å². The zero-order valence-electron chi connectivity index (χ0n) is 20.6. The number of fused-ring (bicyclic) bond motifs is 5. The number of hydrogen-bond acceptors (Lipinski definition) is 2. The maximum atomic E-state index is 10.2. The second-order valence-electron chi connectivity index (χ2n) is 10.6. The highest BCUT2D eigenvalue weighted by Gasteiger charge is 2.59. The molecule has 2 heteroatoms. The van der Waals surface area contributed by atoms with Crippen LogP contribution >= 0.6 is 0 Å². The maximum Gasteiger partial charge on any atom is 0.0543 e. The van der Waals surface area contributed by atoms with Crippen molar-refractivity contribution in [3.05, 3.63) is 0 Å². The molecular weight excluding hydrogens is 356 g/mol. The summed E-state index contributed by atoms with van der Waals surface area (Å²) in [5.74, 6) is 4.52. The van der Waals surface area contributed by atoms with E-state index in [0.29, 0.717) is 17.4 Å². The number of aliphatic hydroxyl groups is 2. The molecule has 0 aromatic heterocycles. The van der Waals surface area contributed by atoms with Gasteiger partial charge >= 0.3 is 0 Å². The van der Waals surface area contributed by atoms with Gasteiger partial charge in [0.25, 0.3) is 0 Å². The summed E-state index contributed by atoms with van der Waals surface area (Å²) in [5.41, 5.74) is 1.09. The minimum absolute atomic E-state index is 0.0223. The standard InChI is InChI=1S/C23H40O2.2C2H6/c1-22-13-11-21-19(20(22)9-7-16(22)5-3-4-14-24)8-6-17-15-18(25)10-12-23(17,21)2;2*1-2/h16-21,24-25H,3-15H2,1-2H3;2*1-2H3/t16-,17?,18?,19?,20?,21?,22?,23?;;/m0../s1. The van der Waals surface area contributed by atoms with Crippen LogP contribution in [-0.2, 0) is 0 Å². The van der Waals surface area contributed by atoms with Crippen molar-refractivity contribution in [2.45, 2.75) is 125 Å². The van der Waals surface area contributed by atoms with E-state index in [9.17, 15) is 5.11 Å². The van der Waals surface area contributed by atoms with E-state index in [1.165, 1.54) is 57.8 Å². The Morgan fingerprint density at radius 2 is 1.41 bits per heavy atom. The van der Waals surface area contributed by atoms with Crippen LogP contribution in [-0.4, -0.2) is 22.9 Å². The molecule has 0 aliphatic heterocycles. The molecule has 0 amide bonds. The molecule has 0 aromatic rings. The predicted octanol–water partition coefficient (Wildman–Crippen LogP) is 7.22. The fraction of sp³-hybridized carbons (Fsp3) is 1.00. The van der Waals surface area contributed by atoms with Crippen LogP contribution in [0.25, 0.3) is 0 Å². The lowest BCUT2D eigenvalue weighted by Crippen LogP contribution is -2.53. The molecule has 0 radical (unpaired) electrons. The Labute approximate surface area is 182 Å². The summed E-state index contributed by atoms with van der Waals surface area (Å²) in [6, 6.07) is 0. The number of hydrogen-bond donors (Lipinski definition) is 2. The van der Waals surface area contributed by atoms with E-state index in [1.807, 2.05) is 27.7 Å². The quantitative estimate of drug-likeness (QED) is 0.482. The van der Waals surface area contributed by atoms with Gasteiger partial charge in [-0.1, -0.05) is 48.0 Å². The second-order valence-corrected chi connectivity index (χ2v) is 10.6. The average Bonchev–Trinajstić information content (AvgIpc) is 3.08. The van der Waals surface area contributed by atoms with Gasteiger partial charge in [-0.15, -0.1) is 0 Å². The summed E-state index contributed by atoms with van der Waals surface area (Å²) in [6.45, 7) is 13.6. The first-order valence-electron chi connectivity index (χ1n) is 13.3. The van der Waals surface area contributed by atoms with Crippen molar-refractivity contribution in [2.75, 3.05) is 6.61 Å². The molecule has 172 valence electrons. The van der Waals surface area contributed by atoms with Crippen LogP contribution in [0.3, 0.4) is 0 Å². The molecule has 2 nitrogen and oxygen atoms in total. The fourth-order valence-electron chi connectivity index (χ4n) is 8.32. The van der Waals surface area contributed by atoms with Gasteiger partial charge in [-0.2, -0.15) is 0 Å². The Morgan fingerprint density at radius 1 is 0.759 bits per heavy atom. The average molecular weight is 409 g/mol. The molecule has 0 heterocycles. The lowest BCUT2D eigenvalue weighted by Gasteiger charge is -2.61. The maximum absolute atomic E-state index is 10.2. The minimum Gasteiger partial charge on any atom is -0.396 e. The monoisotopic (exact) mass is 408 g/mol. The van der Waals surface area contributed by atoms with Gasteiger partial charge < -0.3 is 10.2 Å². The fourth-order valence-corrected chi connectivity index (χ4v) is 8.32. The molecular formula is C27H52O2. The summed E-state index contributed by atoms with van der Waals surface area (Å²) in [6.07, 6.45) is 15.5. The van der Waals surface area contributed by atoms with Gasteiger partial charge in [0.1, 0.15) is 0 Å². The van der Waals surface area contributed by atoms with Crippen LogP contribution in [0, 0.1) is 40.4 Å². The summed E-state index contributed by atoms with van der Waals surface area (Å²) < 4.78 is 0. The van der Waals surface area contributed by atoms with E-state index in [4.69, 9.17) is 5.11 Å². The zero-order valence-corrected chi connectivity index (χ0v) is 20.6. The van der Waals surface area contributed by atoms with Gasteiger partial charge in [-0.25, -0.2) is 0 Å². The van der Waals surface area contributed by atoms with Crippen LogP contribution < -0.4 is 0 Å². The molecule has 4 rings (SSSR count). The molecule has 4 aliphatic rings. The van der Waals surface area contributed by atoms with E-state index in [2.05, 4.69) is 13.8 Å². The SMILES string of the molecule is CC.CC.CC12CCC(O)CC1CCC1C2CCC2(C)C1CC[C@@H]2CCCCO. The van der Waals surface area contributed by atoms with Crippen LogP contribution in [0.2, 0.25) is 0 Å². The molecule has 0 saturated heterocycles. The van der Waals surface area contributed by atoms with Crippen LogP contribution in [0.15, 0.2) is 0 Å². The van der Waals surface area contributed by atoms with Crippen molar-refractivity contribution in [1.82, 2.24) is 0 Å². The van der Waals surface area contributed by atoms with Gasteiger partial charge in [0.05, 0.1) is 6.10 Å². The number of unbranched alkanes of at least 4 members (excludes halogenated alkanes) is 1. The van der Waals surface area contributed by atoms with Crippen molar-refractivity contribution >= 4 is 0 Å². The molecule has 2 N–H and O–H groups in total. The highest BCUT2D eigenvalue weighted by atomic mass is 16.3. The third-order valence-electron chi connectivity index (χ3n) is 9.80. The van der Waals surface area contributed by atoms with Gasteiger partial charge in [-0.05, 0) is 111 Å².